The van der Waals surface area contributed by atoms with Gasteiger partial charge in [0.1, 0.15) is 5.82 Å². The van der Waals surface area contributed by atoms with Gasteiger partial charge < -0.3 is 4.74 Å². The van der Waals surface area contributed by atoms with Gasteiger partial charge in [-0.3, -0.25) is 4.79 Å². The van der Waals surface area contributed by atoms with Crippen LogP contribution in [0.1, 0.15) is 26.3 Å². The van der Waals surface area contributed by atoms with Gasteiger partial charge in [0.15, 0.2) is 5.78 Å². The van der Waals surface area contributed by atoms with Crippen molar-refractivity contribution in [1.29, 1.82) is 0 Å². The first-order valence-corrected chi connectivity index (χ1v) is 5.61. The number of hydrogen-bond donors (Lipinski definition) is 0. The van der Waals surface area contributed by atoms with Crippen molar-refractivity contribution in [2.45, 2.75) is 6.92 Å². The minimum Gasteiger partial charge on any atom is -0.465 e. The van der Waals surface area contributed by atoms with Gasteiger partial charge in [0.25, 0.3) is 0 Å². The maximum atomic E-state index is 13.6. The Morgan fingerprint density at radius 2 is 2.06 bits per heavy atom. The first kappa shape index (κ1) is 12.8. The van der Waals surface area contributed by atoms with Crippen LogP contribution in [0.5, 0.6) is 0 Å². The molecule has 0 saturated heterocycles. The Kier molecular flexibility index (Phi) is 4.18. The highest BCUT2D eigenvalue weighted by molar-refractivity contribution is 9.09. The maximum Gasteiger partial charge on any atom is 0.337 e. The van der Waals surface area contributed by atoms with Crippen LogP contribution in [0.3, 0.4) is 0 Å². The third kappa shape index (κ3) is 2.47. The molecule has 0 atom stereocenters. The Morgan fingerprint density at radius 3 is 2.50 bits per heavy atom. The molecular weight excluding hydrogens is 279 g/mol. The number of esters is 1. The minimum atomic E-state index is -0.704. The van der Waals surface area contributed by atoms with Crippen LogP contribution in [0.15, 0.2) is 12.1 Å². The predicted molar refractivity (Wildman–Crippen MR) is 60.6 cm³/mol. The average molecular weight is 289 g/mol. The second-order valence-corrected chi connectivity index (χ2v) is 3.76. The Labute approximate surface area is 101 Å². The highest BCUT2D eigenvalue weighted by Gasteiger charge is 2.17. The van der Waals surface area contributed by atoms with Gasteiger partial charge in [0.2, 0.25) is 0 Å². The van der Waals surface area contributed by atoms with Gasteiger partial charge in [-0.15, -0.1) is 0 Å². The molecule has 1 aromatic rings. The number of rotatable bonds is 3. The lowest BCUT2D eigenvalue weighted by Gasteiger charge is -2.07. The van der Waals surface area contributed by atoms with Crippen molar-refractivity contribution in [2.75, 3.05) is 12.4 Å². The molecule has 0 radical (unpaired) electrons. The summed E-state index contributed by atoms with van der Waals surface area (Å²) in [7, 11) is 1.22. The van der Waals surface area contributed by atoms with E-state index in [1.165, 1.54) is 13.2 Å². The average Bonchev–Trinajstić information content (AvgIpc) is 2.26. The second-order valence-electron chi connectivity index (χ2n) is 3.20. The molecule has 1 rings (SSSR count). The van der Waals surface area contributed by atoms with Gasteiger partial charge in [0, 0.05) is 0 Å². The number of ketones is 1. The molecule has 0 amide bonds. The van der Waals surface area contributed by atoms with Crippen LogP contribution in [0.25, 0.3) is 0 Å². The number of Topliss-reactive ketones (excluding diaryl/α,β-unsaturated/α-hetero) is 1. The molecule has 0 aliphatic rings. The summed E-state index contributed by atoms with van der Waals surface area (Å²) in [4.78, 5) is 22.6. The lowest BCUT2D eigenvalue weighted by atomic mass is 10.0. The van der Waals surface area contributed by atoms with E-state index < -0.39 is 11.8 Å². The molecule has 0 saturated carbocycles. The fraction of sp³-hybridized carbons (Fsp3) is 0.273. The molecule has 0 bridgehead atoms. The minimum absolute atomic E-state index is 0.00419. The van der Waals surface area contributed by atoms with E-state index in [0.29, 0.717) is 5.56 Å². The zero-order valence-electron chi connectivity index (χ0n) is 8.84. The van der Waals surface area contributed by atoms with Gasteiger partial charge in [-0.05, 0) is 24.6 Å². The Morgan fingerprint density at radius 1 is 1.44 bits per heavy atom. The molecule has 0 heterocycles. The summed E-state index contributed by atoms with van der Waals surface area (Å²) in [6, 6.07) is 2.44. The van der Waals surface area contributed by atoms with Crippen LogP contribution in [0.2, 0.25) is 0 Å². The normalized spacial score (nSPS) is 10.0. The zero-order valence-corrected chi connectivity index (χ0v) is 10.4. The molecular formula is C11H10BrFO3. The number of hydrogen-bond acceptors (Lipinski definition) is 3. The third-order valence-corrected chi connectivity index (χ3v) is 2.62. The van der Waals surface area contributed by atoms with Crippen molar-refractivity contribution in [2.24, 2.45) is 0 Å². The molecule has 0 aliphatic heterocycles. The van der Waals surface area contributed by atoms with Crippen molar-refractivity contribution < 1.29 is 18.7 Å². The number of carbonyl (C=O) groups excluding carboxylic acids is 2. The van der Waals surface area contributed by atoms with Crippen molar-refractivity contribution in [3.05, 3.63) is 34.6 Å². The summed E-state index contributed by atoms with van der Waals surface area (Å²) in [5.41, 5.74) is 0.526. The summed E-state index contributed by atoms with van der Waals surface area (Å²) >= 11 is 2.97. The van der Waals surface area contributed by atoms with Gasteiger partial charge in [-0.2, -0.15) is 0 Å². The van der Waals surface area contributed by atoms with Crippen molar-refractivity contribution in [3.63, 3.8) is 0 Å². The number of methoxy groups -OCH3 is 1. The van der Waals surface area contributed by atoms with Gasteiger partial charge in [-0.1, -0.05) is 15.9 Å². The number of aryl methyl sites for hydroxylation is 1. The number of ether oxygens (including phenoxy) is 1. The first-order valence-electron chi connectivity index (χ1n) is 4.49. The number of alkyl halides is 1. The number of benzene rings is 1. The van der Waals surface area contributed by atoms with E-state index >= 15 is 0 Å². The van der Waals surface area contributed by atoms with E-state index in [9.17, 15) is 14.0 Å². The molecule has 5 heteroatoms. The standard InChI is InChI=1S/C11H10BrFO3/c1-6-3-7(11(15)16-2)4-8(13)10(6)9(14)5-12/h3-4H,5H2,1-2H3. The van der Waals surface area contributed by atoms with Crippen LogP contribution < -0.4 is 0 Å². The van der Waals surface area contributed by atoms with E-state index in [-0.39, 0.29) is 22.2 Å². The Hall–Kier alpha value is -1.23. The van der Waals surface area contributed by atoms with E-state index in [0.717, 1.165) is 6.07 Å². The third-order valence-electron chi connectivity index (χ3n) is 2.11. The molecule has 0 N–H and O–H groups in total. The topological polar surface area (TPSA) is 43.4 Å². The molecule has 0 aliphatic carbocycles. The lowest BCUT2D eigenvalue weighted by Crippen LogP contribution is -2.10. The largest absolute Gasteiger partial charge is 0.465 e. The zero-order chi connectivity index (χ0) is 12.3. The highest BCUT2D eigenvalue weighted by atomic mass is 79.9. The van der Waals surface area contributed by atoms with Crippen LogP contribution in [0, 0.1) is 12.7 Å². The molecule has 3 nitrogen and oxygen atoms in total. The Bertz CT molecular complexity index is 420. The predicted octanol–water partition coefficient (Wildman–Crippen LogP) is 2.50. The van der Waals surface area contributed by atoms with Crippen molar-refractivity contribution in [3.8, 4) is 0 Å². The molecule has 0 spiro atoms. The molecule has 0 fully saturated rings. The van der Waals surface area contributed by atoms with E-state index in [1.807, 2.05) is 0 Å². The Balaban J connectivity index is 3.28. The quantitative estimate of drug-likeness (QED) is 0.488. The summed E-state index contributed by atoms with van der Waals surface area (Å²) in [6.07, 6.45) is 0. The van der Waals surface area contributed by atoms with E-state index in [4.69, 9.17) is 0 Å². The summed E-state index contributed by atoms with van der Waals surface area (Å²) in [5, 5.41) is 0.0440. The molecule has 16 heavy (non-hydrogen) atoms. The summed E-state index contributed by atoms with van der Waals surface area (Å²) in [6.45, 7) is 1.57. The van der Waals surface area contributed by atoms with Crippen LogP contribution in [-0.4, -0.2) is 24.2 Å². The van der Waals surface area contributed by atoms with Gasteiger partial charge in [0.05, 0.1) is 23.6 Å². The SMILES string of the molecule is COC(=O)c1cc(C)c(C(=O)CBr)c(F)c1. The smallest absolute Gasteiger partial charge is 0.337 e. The van der Waals surface area contributed by atoms with Crippen LogP contribution >= 0.6 is 15.9 Å². The number of halogens is 2. The molecule has 86 valence electrons. The van der Waals surface area contributed by atoms with Gasteiger partial charge in [-0.25, -0.2) is 9.18 Å². The summed E-state index contributed by atoms with van der Waals surface area (Å²) in [5.74, 6) is -1.68. The van der Waals surface area contributed by atoms with Crippen molar-refractivity contribution >= 4 is 27.7 Å². The second kappa shape index (κ2) is 5.21. The monoisotopic (exact) mass is 288 g/mol. The molecule has 0 aromatic heterocycles. The molecule has 1 aromatic carbocycles. The van der Waals surface area contributed by atoms with Crippen molar-refractivity contribution in [1.82, 2.24) is 0 Å². The van der Waals surface area contributed by atoms with Crippen LogP contribution in [-0.2, 0) is 4.74 Å². The van der Waals surface area contributed by atoms with Crippen LogP contribution in [0.4, 0.5) is 4.39 Å². The maximum absolute atomic E-state index is 13.6. The fourth-order valence-corrected chi connectivity index (χ4v) is 1.68. The molecule has 0 unspecified atom stereocenters. The van der Waals surface area contributed by atoms with E-state index in [2.05, 4.69) is 20.7 Å². The fourth-order valence-electron chi connectivity index (χ4n) is 1.40. The lowest BCUT2D eigenvalue weighted by molar-refractivity contribution is 0.0599. The van der Waals surface area contributed by atoms with Gasteiger partial charge >= 0.3 is 5.97 Å². The highest BCUT2D eigenvalue weighted by Crippen LogP contribution is 2.18. The van der Waals surface area contributed by atoms with E-state index in [1.54, 1.807) is 6.92 Å². The first-order chi connectivity index (χ1) is 7.51. The summed E-state index contributed by atoms with van der Waals surface area (Å²) < 4.78 is 18.1. The number of carbonyl (C=O) groups is 2.